The van der Waals surface area contributed by atoms with E-state index >= 15 is 0 Å². The first-order valence-corrected chi connectivity index (χ1v) is 6.92. The van der Waals surface area contributed by atoms with Crippen molar-refractivity contribution in [3.05, 3.63) is 35.6 Å². The van der Waals surface area contributed by atoms with Gasteiger partial charge in [0.1, 0.15) is 11.9 Å². The molecule has 2 N–H and O–H groups in total. The number of carbonyl (C=O) groups is 2. The van der Waals surface area contributed by atoms with E-state index in [1.807, 2.05) is 0 Å². The van der Waals surface area contributed by atoms with E-state index in [9.17, 15) is 24.2 Å². The summed E-state index contributed by atoms with van der Waals surface area (Å²) in [4.78, 5) is 25.2. The molecule has 1 amide bonds. The van der Waals surface area contributed by atoms with Gasteiger partial charge in [0.2, 0.25) is 5.91 Å². The summed E-state index contributed by atoms with van der Waals surface area (Å²) in [5, 5.41) is 18.8. The maximum Gasteiger partial charge on any atom is 0.326 e. The fourth-order valence-electron chi connectivity index (χ4n) is 3.07. The third-order valence-corrected chi connectivity index (χ3v) is 4.38. The molecule has 3 rings (SSSR count). The highest BCUT2D eigenvalue weighted by atomic mass is 19.1. The maximum absolute atomic E-state index is 13.0. The summed E-state index contributed by atoms with van der Waals surface area (Å²) in [6.07, 6.45) is 0.493. The Hall–Kier alpha value is -1.95. The van der Waals surface area contributed by atoms with Gasteiger partial charge in [-0.2, -0.15) is 0 Å². The van der Waals surface area contributed by atoms with Crippen LogP contribution in [-0.2, 0) is 15.0 Å². The molecule has 0 bridgehead atoms. The van der Waals surface area contributed by atoms with Crippen molar-refractivity contribution in [1.29, 1.82) is 0 Å². The van der Waals surface area contributed by atoms with Gasteiger partial charge in [0.05, 0.1) is 11.5 Å². The Labute approximate surface area is 121 Å². The van der Waals surface area contributed by atoms with E-state index in [0.717, 1.165) is 0 Å². The molecule has 1 saturated carbocycles. The van der Waals surface area contributed by atoms with Crippen LogP contribution in [0.5, 0.6) is 0 Å². The number of carboxylic acid groups (broad SMARTS) is 1. The molecule has 21 heavy (non-hydrogen) atoms. The number of hydrogen-bond donors (Lipinski definition) is 2. The monoisotopic (exact) mass is 293 g/mol. The molecule has 6 heteroatoms. The van der Waals surface area contributed by atoms with Crippen molar-refractivity contribution in [3.63, 3.8) is 0 Å². The zero-order chi connectivity index (χ0) is 15.2. The summed E-state index contributed by atoms with van der Waals surface area (Å²) < 4.78 is 13.0. The van der Waals surface area contributed by atoms with Gasteiger partial charge in [-0.25, -0.2) is 9.18 Å². The Morgan fingerprint density at radius 2 is 1.86 bits per heavy atom. The van der Waals surface area contributed by atoms with Crippen LogP contribution in [0.15, 0.2) is 24.3 Å². The van der Waals surface area contributed by atoms with Crippen LogP contribution >= 0.6 is 0 Å². The Bertz CT molecular complexity index is 582. The van der Waals surface area contributed by atoms with E-state index in [1.54, 1.807) is 12.1 Å². The van der Waals surface area contributed by atoms with Crippen LogP contribution in [0.1, 0.15) is 24.8 Å². The number of carboxylic acids is 1. The van der Waals surface area contributed by atoms with E-state index in [2.05, 4.69) is 0 Å². The van der Waals surface area contributed by atoms with Crippen molar-refractivity contribution in [2.75, 3.05) is 6.54 Å². The fraction of sp³-hybridized carbons (Fsp3) is 0.467. The van der Waals surface area contributed by atoms with Crippen LogP contribution in [0.3, 0.4) is 0 Å². The van der Waals surface area contributed by atoms with Gasteiger partial charge in [0.25, 0.3) is 0 Å². The lowest BCUT2D eigenvalue weighted by molar-refractivity contribution is -0.149. The van der Waals surface area contributed by atoms with Crippen molar-refractivity contribution in [3.8, 4) is 0 Å². The van der Waals surface area contributed by atoms with Crippen molar-refractivity contribution in [2.24, 2.45) is 0 Å². The minimum Gasteiger partial charge on any atom is -0.480 e. The number of β-amino-alcohol motifs (C(OH)–C–C–N with tert-alkyl or cyclic N) is 1. The summed E-state index contributed by atoms with van der Waals surface area (Å²) in [5.74, 6) is -1.75. The lowest BCUT2D eigenvalue weighted by Crippen LogP contribution is -2.45. The van der Waals surface area contributed by atoms with Gasteiger partial charge in [-0.05, 0) is 30.5 Å². The zero-order valence-corrected chi connectivity index (χ0v) is 11.3. The van der Waals surface area contributed by atoms with Crippen molar-refractivity contribution in [2.45, 2.75) is 36.8 Å². The minimum absolute atomic E-state index is 0.0404. The Morgan fingerprint density at radius 3 is 2.38 bits per heavy atom. The molecule has 2 atom stereocenters. The summed E-state index contributed by atoms with van der Waals surface area (Å²) >= 11 is 0. The van der Waals surface area contributed by atoms with Gasteiger partial charge in [-0.3, -0.25) is 4.79 Å². The van der Waals surface area contributed by atoms with Gasteiger partial charge < -0.3 is 15.1 Å². The molecule has 0 unspecified atom stereocenters. The van der Waals surface area contributed by atoms with Gasteiger partial charge in [-0.1, -0.05) is 12.1 Å². The number of nitrogens with zero attached hydrogens (tertiary/aromatic N) is 1. The number of aliphatic carboxylic acids is 1. The molecule has 2 aliphatic rings. The molecule has 0 aromatic heterocycles. The largest absolute Gasteiger partial charge is 0.480 e. The quantitative estimate of drug-likeness (QED) is 0.868. The van der Waals surface area contributed by atoms with Gasteiger partial charge in [0, 0.05) is 13.0 Å². The highest BCUT2D eigenvalue weighted by Gasteiger charge is 2.56. The van der Waals surface area contributed by atoms with E-state index in [4.69, 9.17) is 0 Å². The number of amides is 1. The topological polar surface area (TPSA) is 77.8 Å². The van der Waals surface area contributed by atoms with E-state index in [-0.39, 0.29) is 24.7 Å². The lowest BCUT2D eigenvalue weighted by Gasteiger charge is -2.26. The molecule has 5 nitrogen and oxygen atoms in total. The van der Waals surface area contributed by atoms with Crippen LogP contribution in [0.4, 0.5) is 4.39 Å². The third kappa shape index (κ3) is 2.29. The Morgan fingerprint density at radius 1 is 1.24 bits per heavy atom. The third-order valence-electron chi connectivity index (χ3n) is 4.38. The second-order valence-electron chi connectivity index (χ2n) is 5.79. The number of halogens is 1. The molecule has 1 aromatic rings. The van der Waals surface area contributed by atoms with Crippen molar-refractivity contribution in [1.82, 2.24) is 4.90 Å². The first-order chi connectivity index (χ1) is 9.94. The van der Waals surface area contributed by atoms with Crippen LogP contribution in [0.2, 0.25) is 0 Å². The van der Waals surface area contributed by atoms with Crippen molar-refractivity contribution < 1.29 is 24.2 Å². The van der Waals surface area contributed by atoms with E-state index in [1.165, 1.54) is 17.0 Å². The number of hydrogen-bond acceptors (Lipinski definition) is 3. The molecule has 0 radical (unpaired) electrons. The number of carbonyl (C=O) groups excluding carboxylic acids is 1. The number of aliphatic hydroxyl groups is 1. The van der Waals surface area contributed by atoms with E-state index < -0.39 is 23.5 Å². The van der Waals surface area contributed by atoms with Crippen LogP contribution in [0.25, 0.3) is 0 Å². The number of rotatable bonds is 3. The number of aliphatic hydroxyl groups excluding tert-OH is 1. The molecule has 1 aliphatic carbocycles. The van der Waals surface area contributed by atoms with Crippen molar-refractivity contribution >= 4 is 11.9 Å². The summed E-state index contributed by atoms with van der Waals surface area (Å²) in [6, 6.07) is 4.77. The molecular formula is C15H16FNO4. The molecule has 112 valence electrons. The average Bonchev–Trinajstić information content (AvgIpc) is 3.15. The summed E-state index contributed by atoms with van der Waals surface area (Å²) in [5.41, 5.74) is -0.0368. The van der Waals surface area contributed by atoms with Crippen LogP contribution < -0.4 is 0 Å². The molecular weight excluding hydrogens is 277 g/mol. The predicted molar refractivity (Wildman–Crippen MR) is 71.1 cm³/mol. The Balaban J connectivity index is 1.87. The highest BCUT2D eigenvalue weighted by Crippen LogP contribution is 2.50. The zero-order valence-electron chi connectivity index (χ0n) is 11.3. The molecule has 0 spiro atoms. The highest BCUT2D eigenvalue weighted by molar-refractivity contribution is 5.94. The number of benzene rings is 1. The second-order valence-corrected chi connectivity index (χ2v) is 5.79. The predicted octanol–water partition coefficient (Wildman–Crippen LogP) is 0.904. The molecule has 1 aliphatic heterocycles. The molecule has 2 fully saturated rings. The fourth-order valence-corrected chi connectivity index (χ4v) is 3.07. The standard InChI is InChI=1S/C15H16FNO4/c16-10-3-1-9(2-4-10)15(5-6-15)14(21)17-8-11(18)7-12(17)13(19)20/h1-4,11-12,18H,5-8H2,(H,19,20)/t11-,12-/m0/s1. The summed E-state index contributed by atoms with van der Waals surface area (Å²) in [7, 11) is 0. The lowest BCUT2D eigenvalue weighted by atomic mass is 9.94. The SMILES string of the molecule is O=C(O)[C@@H]1C[C@H](O)CN1C(=O)C1(c2ccc(F)cc2)CC1. The molecule has 1 aromatic carbocycles. The minimum atomic E-state index is -1.10. The smallest absolute Gasteiger partial charge is 0.326 e. The van der Waals surface area contributed by atoms with Gasteiger partial charge in [0.15, 0.2) is 0 Å². The normalized spacial score (nSPS) is 26.7. The summed E-state index contributed by atoms with van der Waals surface area (Å²) in [6.45, 7) is 0.0404. The Kier molecular flexibility index (Phi) is 3.20. The molecule has 1 saturated heterocycles. The molecule has 1 heterocycles. The van der Waals surface area contributed by atoms with Crippen LogP contribution in [0, 0.1) is 5.82 Å². The second kappa shape index (κ2) is 4.80. The van der Waals surface area contributed by atoms with Gasteiger partial charge >= 0.3 is 5.97 Å². The van der Waals surface area contributed by atoms with E-state index in [0.29, 0.717) is 18.4 Å². The number of likely N-dealkylation sites (tertiary alicyclic amines) is 1. The van der Waals surface area contributed by atoms with Crippen LogP contribution in [-0.4, -0.2) is 45.7 Å². The first-order valence-electron chi connectivity index (χ1n) is 6.92. The average molecular weight is 293 g/mol. The first kappa shape index (κ1) is 14.0. The maximum atomic E-state index is 13.0. The van der Waals surface area contributed by atoms with Gasteiger partial charge in [-0.15, -0.1) is 0 Å².